The maximum absolute atomic E-state index is 15.9. The molecule has 0 bridgehead atoms. The lowest BCUT2D eigenvalue weighted by atomic mass is 9.90. The number of amides is 1. The lowest BCUT2D eigenvalue weighted by Crippen LogP contribution is -2.41. The molecule has 3 aromatic rings. The maximum Gasteiger partial charge on any atom is 0.416 e. The molecule has 1 amide bonds. The van der Waals surface area contributed by atoms with E-state index in [1.807, 2.05) is 0 Å². The highest BCUT2D eigenvalue weighted by molar-refractivity contribution is 5.82. The number of alkyl halides is 3. The third-order valence-electron chi connectivity index (χ3n) is 7.65. The summed E-state index contributed by atoms with van der Waals surface area (Å²) in [5.74, 6) is -2.87. The van der Waals surface area contributed by atoms with Crippen molar-refractivity contribution >= 4 is 11.9 Å². The molecule has 0 fully saturated rings. The third-order valence-corrected chi connectivity index (χ3v) is 7.65. The molecule has 1 heterocycles. The second-order valence-corrected chi connectivity index (χ2v) is 11.8. The summed E-state index contributed by atoms with van der Waals surface area (Å²) < 4.78 is 77.1. The van der Waals surface area contributed by atoms with Crippen LogP contribution in [0.25, 0.3) is 11.1 Å². The summed E-state index contributed by atoms with van der Waals surface area (Å²) in [5, 5.41) is 2.69. The molecule has 7 nitrogen and oxygen atoms in total. The minimum Gasteiger partial charge on any atom is -0.466 e. The van der Waals surface area contributed by atoms with Gasteiger partial charge in [-0.05, 0) is 111 Å². The number of esters is 1. The van der Waals surface area contributed by atoms with Crippen LogP contribution in [0.1, 0.15) is 79.1 Å². The second kappa shape index (κ2) is 15.0. The second-order valence-electron chi connectivity index (χ2n) is 11.8. The molecule has 0 spiro atoms. The fourth-order valence-corrected chi connectivity index (χ4v) is 5.70. The zero-order valence-corrected chi connectivity index (χ0v) is 26.8. The van der Waals surface area contributed by atoms with Crippen molar-refractivity contribution in [1.82, 2.24) is 9.88 Å². The molecular formula is C34H40F5N3O4. The van der Waals surface area contributed by atoms with Crippen molar-refractivity contribution < 1.29 is 36.3 Å². The van der Waals surface area contributed by atoms with E-state index in [1.165, 1.54) is 25.1 Å². The molecule has 3 N–H and O–H groups in total. The summed E-state index contributed by atoms with van der Waals surface area (Å²) >= 11 is 0. The molecule has 2 atom stereocenters. The van der Waals surface area contributed by atoms with E-state index in [0.717, 1.165) is 10.8 Å². The summed E-state index contributed by atoms with van der Waals surface area (Å²) in [6.07, 6.45) is -4.45. The van der Waals surface area contributed by atoms with E-state index in [1.54, 1.807) is 40.7 Å². The molecule has 0 saturated carbocycles. The molecule has 250 valence electrons. The van der Waals surface area contributed by atoms with E-state index in [4.69, 9.17) is 10.5 Å². The molecule has 0 aliphatic rings. The molecule has 1 aromatic heterocycles. The number of nitrogens with zero attached hydrogens (tertiary/aromatic N) is 1. The summed E-state index contributed by atoms with van der Waals surface area (Å²) in [6.45, 7) is 9.95. The molecule has 0 saturated heterocycles. The Morgan fingerprint density at radius 1 is 1.00 bits per heavy atom. The average Bonchev–Trinajstić information content (AvgIpc) is 2.93. The predicted molar refractivity (Wildman–Crippen MR) is 165 cm³/mol. The van der Waals surface area contributed by atoms with Gasteiger partial charge < -0.3 is 20.4 Å². The van der Waals surface area contributed by atoms with Gasteiger partial charge in [0.05, 0.1) is 24.6 Å². The SMILES string of the molecule is CCOC(=O)C[C@H](NC(=O)C(CC(C)C)n1cc(CCN)c(C(F)(F)F)cc1=O)c1cc(-c2c(C)cc(F)cc2C)cc(C)c1F. The normalized spacial score (nSPS) is 13.1. The third kappa shape index (κ3) is 8.60. The van der Waals surface area contributed by atoms with Crippen molar-refractivity contribution in [3.05, 3.63) is 91.9 Å². The van der Waals surface area contributed by atoms with Gasteiger partial charge >= 0.3 is 12.1 Å². The Kier molecular flexibility index (Phi) is 11.9. The first-order valence-electron chi connectivity index (χ1n) is 15.0. The molecule has 12 heteroatoms. The van der Waals surface area contributed by atoms with Crippen molar-refractivity contribution in [2.75, 3.05) is 13.2 Å². The first kappa shape index (κ1) is 36.4. The van der Waals surface area contributed by atoms with Gasteiger partial charge in [0.15, 0.2) is 0 Å². The highest BCUT2D eigenvalue weighted by Crippen LogP contribution is 2.35. The van der Waals surface area contributed by atoms with E-state index in [0.29, 0.717) is 28.3 Å². The number of carbonyl (C=O) groups excluding carboxylic acids is 2. The van der Waals surface area contributed by atoms with Crippen LogP contribution in [0.5, 0.6) is 0 Å². The molecule has 0 aliphatic heterocycles. The number of hydrogen-bond acceptors (Lipinski definition) is 5. The molecule has 3 rings (SSSR count). The Hall–Kier alpha value is -4.06. The zero-order valence-electron chi connectivity index (χ0n) is 26.8. The van der Waals surface area contributed by atoms with Crippen molar-refractivity contribution in [1.29, 1.82) is 0 Å². The lowest BCUT2D eigenvalue weighted by molar-refractivity contribution is -0.144. The van der Waals surface area contributed by atoms with Gasteiger partial charge in [0.25, 0.3) is 5.56 Å². The highest BCUT2D eigenvalue weighted by atomic mass is 19.4. The van der Waals surface area contributed by atoms with Crippen molar-refractivity contribution in [3.63, 3.8) is 0 Å². The van der Waals surface area contributed by atoms with Gasteiger partial charge in [-0.25, -0.2) is 8.78 Å². The number of nitrogens with two attached hydrogens (primary N) is 1. The molecule has 0 aliphatic carbocycles. The lowest BCUT2D eigenvalue weighted by Gasteiger charge is -2.27. The van der Waals surface area contributed by atoms with Gasteiger partial charge in [-0.1, -0.05) is 13.8 Å². The Morgan fingerprint density at radius 2 is 1.63 bits per heavy atom. The van der Waals surface area contributed by atoms with Gasteiger partial charge in [0, 0.05) is 17.8 Å². The summed E-state index contributed by atoms with van der Waals surface area (Å²) in [6, 6.07) is 3.60. The Labute approximate surface area is 264 Å². The van der Waals surface area contributed by atoms with Gasteiger partial charge in [-0.15, -0.1) is 0 Å². The first-order chi connectivity index (χ1) is 21.5. The molecule has 2 aromatic carbocycles. The van der Waals surface area contributed by atoms with Crippen LogP contribution in [-0.2, 0) is 26.9 Å². The van der Waals surface area contributed by atoms with Gasteiger partial charge in [0.1, 0.15) is 17.7 Å². The number of hydrogen-bond donors (Lipinski definition) is 2. The first-order valence-corrected chi connectivity index (χ1v) is 15.0. The smallest absolute Gasteiger partial charge is 0.416 e. The quantitative estimate of drug-likeness (QED) is 0.169. The average molecular weight is 650 g/mol. The van der Waals surface area contributed by atoms with Crippen LogP contribution < -0.4 is 16.6 Å². The van der Waals surface area contributed by atoms with Crippen LogP contribution >= 0.6 is 0 Å². The molecule has 46 heavy (non-hydrogen) atoms. The summed E-state index contributed by atoms with van der Waals surface area (Å²) in [5.41, 5.74) is 5.61. The number of benzene rings is 2. The van der Waals surface area contributed by atoms with Crippen molar-refractivity contribution in [2.24, 2.45) is 11.7 Å². The summed E-state index contributed by atoms with van der Waals surface area (Å²) in [4.78, 5) is 39.8. The maximum atomic E-state index is 15.9. The number of halogens is 5. The number of aryl methyl sites for hydroxylation is 3. The van der Waals surface area contributed by atoms with E-state index >= 15 is 4.39 Å². The van der Waals surface area contributed by atoms with Crippen LogP contribution in [0.4, 0.5) is 22.0 Å². The number of carbonyl (C=O) groups is 2. The number of rotatable bonds is 12. The zero-order chi connectivity index (χ0) is 34.5. The minimum atomic E-state index is -4.81. The van der Waals surface area contributed by atoms with E-state index in [-0.39, 0.29) is 48.6 Å². The van der Waals surface area contributed by atoms with Gasteiger partial charge in [-0.2, -0.15) is 13.2 Å². The van der Waals surface area contributed by atoms with Crippen molar-refractivity contribution in [3.8, 4) is 11.1 Å². The van der Waals surface area contributed by atoms with Crippen molar-refractivity contribution in [2.45, 2.75) is 79.1 Å². The minimum absolute atomic E-state index is 0.0237. The Morgan fingerprint density at radius 3 is 2.17 bits per heavy atom. The monoisotopic (exact) mass is 649 g/mol. The Balaban J connectivity index is 2.18. The molecular weight excluding hydrogens is 609 g/mol. The fraction of sp³-hybridized carbons (Fsp3) is 0.441. The standard InChI is InChI=1S/C34H40F5N3O4/c1-7-46-30(44)16-27(25-14-23(11-21(6)32(25)36)31-19(4)12-24(35)13-20(31)5)41-33(45)28(10-18(2)3)42-17-22(8-9-40)26(15-29(42)43)34(37,38)39/h11-15,17-18,27-28H,7-10,16,40H2,1-6H3,(H,41,45)/t27-,28?/m0/s1. The Bertz CT molecular complexity index is 1630. The van der Waals surface area contributed by atoms with Crippen LogP contribution in [0.2, 0.25) is 0 Å². The number of aromatic nitrogens is 1. The molecule has 1 unspecified atom stereocenters. The van der Waals surface area contributed by atoms with Crippen LogP contribution in [0.3, 0.4) is 0 Å². The van der Waals surface area contributed by atoms with Crippen LogP contribution in [0, 0.1) is 38.3 Å². The number of ether oxygens (including phenoxy) is 1. The number of pyridine rings is 1. The van der Waals surface area contributed by atoms with Crippen LogP contribution in [-0.4, -0.2) is 29.6 Å². The highest BCUT2D eigenvalue weighted by Gasteiger charge is 2.36. The topological polar surface area (TPSA) is 103 Å². The largest absolute Gasteiger partial charge is 0.466 e. The van der Waals surface area contributed by atoms with E-state index < -0.39 is 59.3 Å². The fourth-order valence-electron chi connectivity index (χ4n) is 5.70. The number of nitrogens with one attached hydrogen (secondary N) is 1. The predicted octanol–water partition coefficient (Wildman–Crippen LogP) is 6.64. The van der Waals surface area contributed by atoms with E-state index in [9.17, 15) is 31.9 Å². The van der Waals surface area contributed by atoms with E-state index in [2.05, 4.69) is 5.32 Å². The van der Waals surface area contributed by atoms with Gasteiger partial charge in [0.2, 0.25) is 5.91 Å². The van der Waals surface area contributed by atoms with Crippen LogP contribution in [0.15, 0.2) is 41.3 Å². The molecule has 0 radical (unpaired) electrons. The summed E-state index contributed by atoms with van der Waals surface area (Å²) in [7, 11) is 0. The van der Waals surface area contributed by atoms with Gasteiger partial charge in [-0.3, -0.25) is 14.4 Å².